The Morgan fingerprint density at radius 1 is 0.968 bits per heavy atom. The Kier molecular flexibility index (Phi) is 7.50. The second kappa shape index (κ2) is 10.5. The Hall–Kier alpha value is -3.53. The van der Waals surface area contributed by atoms with Gasteiger partial charge in [-0.15, -0.1) is 0 Å². The molecule has 7 heteroatoms. The van der Waals surface area contributed by atoms with Gasteiger partial charge < -0.3 is 20.4 Å². The van der Waals surface area contributed by atoms with E-state index < -0.39 is 6.03 Å². The highest BCUT2D eigenvalue weighted by Crippen LogP contribution is 2.28. The molecule has 7 nitrogen and oxygen atoms in total. The summed E-state index contributed by atoms with van der Waals surface area (Å²) in [6.07, 6.45) is 3.45. The van der Waals surface area contributed by atoms with Crippen LogP contribution in [0.25, 0.3) is 0 Å². The van der Waals surface area contributed by atoms with Crippen molar-refractivity contribution < 1.29 is 9.59 Å². The van der Waals surface area contributed by atoms with Gasteiger partial charge in [-0.2, -0.15) is 5.26 Å². The van der Waals surface area contributed by atoms with Crippen LogP contribution in [-0.4, -0.2) is 43.0 Å². The molecule has 1 saturated heterocycles. The third-order valence-electron chi connectivity index (χ3n) is 5.50. The molecule has 0 bridgehead atoms. The highest BCUT2D eigenvalue weighted by atomic mass is 16.2. The predicted octanol–water partition coefficient (Wildman–Crippen LogP) is 4.67. The van der Waals surface area contributed by atoms with Gasteiger partial charge in [-0.3, -0.25) is 4.79 Å². The van der Waals surface area contributed by atoms with Gasteiger partial charge in [0.25, 0.3) is 5.91 Å². The maximum atomic E-state index is 13.2. The maximum Gasteiger partial charge on any atom is 0.323 e. The number of carbonyl (C=O) groups is 2. The number of nitrogens with zero attached hydrogens (tertiary/aromatic N) is 3. The summed E-state index contributed by atoms with van der Waals surface area (Å²) in [6.45, 7) is 7.07. The first-order chi connectivity index (χ1) is 15.0. The Labute approximate surface area is 183 Å². The lowest BCUT2D eigenvalue weighted by Gasteiger charge is -2.31. The molecule has 0 saturated carbocycles. The van der Waals surface area contributed by atoms with Crippen LogP contribution in [-0.2, 0) is 0 Å². The van der Waals surface area contributed by atoms with Crippen LogP contribution in [0, 0.1) is 11.3 Å². The molecular formula is C24H29N5O2. The van der Waals surface area contributed by atoms with Crippen LogP contribution in [0.4, 0.5) is 21.9 Å². The molecule has 1 aliphatic heterocycles. The largest absolute Gasteiger partial charge is 0.371 e. The van der Waals surface area contributed by atoms with E-state index >= 15 is 0 Å². The number of amides is 3. The van der Waals surface area contributed by atoms with Crippen molar-refractivity contribution in [3.05, 3.63) is 53.6 Å². The Morgan fingerprint density at radius 3 is 2.19 bits per heavy atom. The second-order valence-corrected chi connectivity index (χ2v) is 7.53. The van der Waals surface area contributed by atoms with E-state index in [1.165, 1.54) is 6.42 Å². The number of nitriles is 1. The molecule has 31 heavy (non-hydrogen) atoms. The summed E-state index contributed by atoms with van der Waals surface area (Å²) in [6, 6.07) is 13.8. The molecule has 3 amide bonds. The van der Waals surface area contributed by atoms with E-state index in [-0.39, 0.29) is 5.91 Å². The zero-order chi connectivity index (χ0) is 22.2. The van der Waals surface area contributed by atoms with Crippen LogP contribution in [0.1, 0.15) is 49.0 Å². The fourth-order valence-electron chi connectivity index (χ4n) is 3.80. The number of nitrogens with one attached hydrogen (secondary N) is 2. The van der Waals surface area contributed by atoms with Crippen LogP contribution in [0.15, 0.2) is 42.5 Å². The SMILES string of the molecule is CCN(CC)C(=O)c1cc(NC(=O)Nc2ccc(C#N)cc2)ccc1N1CCCCC1. The minimum atomic E-state index is -0.406. The van der Waals surface area contributed by atoms with Gasteiger partial charge in [0.05, 0.1) is 17.2 Å². The third-order valence-corrected chi connectivity index (χ3v) is 5.50. The molecule has 0 radical (unpaired) electrons. The van der Waals surface area contributed by atoms with Crippen LogP contribution in [0.5, 0.6) is 0 Å². The summed E-state index contributed by atoms with van der Waals surface area (Å²) in [5, 5.41) is 14.4. The van der Waals surface area contributed by atoms with Gasteiger partial charge >= 0.3 is 6.03 Å². The molecule has 2 aromatic carbocycles. The number of anilines is 3. The van der Waals surface area contributed by atoms with Crippen molar-refractivity contribution in [1.29, 1.82) is 5.26 Å². The van der Waals surface area contributed by atoms with Gasteiger partial charge in [0, 0.05) is 43.2 Å². The first kappa shape index (κ1) is 22.2. The van der Waals surface area contributed by atoms with Crippen molar-refractivity contribution in [2.75, 3.05) is 41.7 Å². The fraction of sp³-hybridized carbons (Fsp3) is 0.375. The molecule has 0 aliphatic carbocycles. The standard InChI is InChI=1S/C24H29N5O2/c1-3-28(4-2)23(30)21-16-20(12-13-22(21)29-14-6-5-7-15-29)27-24(31)26-19-10-8-18(17-25)9-11-19/h8-13,16H,3-7,14-15H2,1-2H3,(H2,26,27,31). The second-order valence-electron chi connectivity index (χ2n) is 7.53. The van der Waals surface area contributed by atoms with Crippen molar-refractivity contribution in [1.82, 2.24) is 4.90 Å². The highest BCUT2D eigenvalue weighted by Gasteiger charge is 2.22. The molecule has 0 atom stereocenters. The van der Waals surface area contributed by atoms with Gasteiger partial charge in [-0.25, -0.2) is 4.79 Å². The molecule has 1 fully saturated rings. The lowest BCUT2D eigenvalue weighted by Crippen LogP contribution is -2.35. The number of piperidine rings is 1. The van der Waals surface area contributed by atoms with E-state index in [2.05, 4.69) is 15.5 Å². The summed E-state index contributed by atoms with van der Waals surface area (Å²) >= 11 is 0. The number of hydrogen-bond donors (Lipinski definition) is 2. The van der Waals surface area contributed by atoms with Gasteiger partial charge in [-0.1, -0.05) is 0 Å². The molecule has 0 aromatic heterocycles. The van der Waals surface area contributed by atoms with Gasteiger partial charge in [0.1, 0.15) is 0 Å². The quantitative estimate of drug-likeness (QED) is 0.712. The van der Waals surface area contributed by atoms with E-state index in [9.17, 15) is 9.59 Å². The van der Waals surface area contributed by atoms with Crippen molar-refractivity contribution >= 4 is 29.0 Å². The van der Waals surface area contributed by atoms with E-state index in [0.717, 1.165) is 31.6 Å². The lowest BCUT2D eigenvalue weighted by molar-refractivity contribution is 0.0773. The summed E-state index contributed by atoms with van der Waals surface area (Å²) in [5.74, 6) is -0.0262. The van der Waals surface area contributed by atoms with Crippen LogP contribution in [0.3, 0.4) is 0 Å². The monoisotopic (exact) mass is 419 g/mol. The molecule has 1 aliphatic rings. The highest BCUT2D eigenvalue weighted by molar-refractivity contribution is 6.04. The van der Waals surface area contributed by atoms with Crippen LogP contribution >= 0.6 is 0 Å². The summed E-state index contributed by atoms with van der Waals surface area (Å²) in [4.78, 5) is 29.7. The number of rotatable bonds is 6. The molecule has 0 unspecified atom stereocenters. The third kappa shape index (κ3) is 5.54. The predicted molar refractivity (Wildman–Crippen MR) is 124 cm³/mol. The van der Waals surface area contributed by atoms with Crippen molar-refractivity contribution in [2.45, 2.75) is 33.1 Å². The van der Waals surface area contributed by atoms with Crippen molar-refractivity contribution in [2.24, 2.45) is 0 Å². The minimum absolute atomic E-state index is 0.0262. The van der Waals surface area contributed by atoms with Crippen molar-refractivity contribution in [3.63, 3.8) is 0 Å². The molecule has 2 aromatic rings. The smallest absolute Gasteiger partial charge is 0.323 e. The lowest BCUT2D eigenvalue weighted by atomic mass is 10.1. The van der Waals surface area contributed by atoms with E-state index in [1.54, 1.807) is 35.2 Å². The molecule has 162 valence electrons. The first-order valence-corrected chi connectivity index (χ1v) is 10.8. The number of carbonyl (C=O) groups excluding carboxylic acids is 2. The van der Waals surface area contributed by atoms with E-state index in [4.69, 9.17) is 5.26 Å². The number of urea groups is 1. The zero-order valence-corrected chi connectivity index (χ0v) is 18.1. The molecular weight excluding hydrogens is 390 g/mol. The van der Waals surface area contributed by atoms with Crippen LogP contribution < -0.4 is 15.5 Å². The average molecular weight is 420 g/mol. The zero-order valence-electron chi connectivity index (χ0n) is 18.1. The maximum absolute atomic E-state index is 13.2. The molecule has 1 heterocycles. The first-order valence-electron chi connectivity index (χ1n) is 10.8. The molecule has 3 rings (SSSR count). The summed E-state index contributed by atoms with van der Waals surface area (Å²) in [7, 11) is 0. The summed E-state index contributed by atoms with van der Waals surface area (Å²) in [5.41, 5.74) is 3.21. The summed E-state index contributed by atoms with van der Waals surface area (Å²) < 4.78 is 0. The molecule has 2 N–H and O–H groups in total. The van der Waals surface area contributed by atoms with Gasteiger partial charge in [-0.05, 0) is 75.6 Å². The Morgan fingerprint density at radius 2 is 1.58 bits per heavy atom. The topological polar surface area (TPSA) is 88.5 Å². The van der Waals surface area contributed by atoms with Gasteiger partial charge in [0.15, 0.2) is 0 Å². The normalized spacial score (nSPS) is 13.3. The van der Waals surface area contributed by atoms with E-state index in [1.807, 2.05) is 32.0 Å². The Balaban J connectivity index is 1.81. The fourth-order valence-corrected chi connectivity index (χ4v) is 3.80. The van der Waals surface area contributed by atoms with Gasteiger partial charge in [0.2, 0.25) is 0 Å². The van der Waals surface area contributed by atoms with Crippen molar-refractivity contribution in [3.8, 4) is 6.07 Å². The Bertz CT molecular complexity index is 955. The number of benzene rings is 2. The molecule has 0 spiro atoms. The average Bonchev–Trinajstić information content (AvgIpc) is 2.80. The van der Waals surface area contributed by atoms with Crippen LogP contribution in [0.2, 0.25) is 0 Å². The number of hydrogen-bond acceptors (Lipinski definition) is 4. The minimum Gasteiger partial charge on any atom is -0.371 e. The van der Waals surface area contributed by atoms with E-state index in [0.29, 0.717) is 35.6 Å².